The van der Waals surface area contributed by atoms with Crippen molar-refractivity contribution in [3.63, 3.8) is 0 Å². The number of carboxylic acid groups (broad SMARTS) is 1. The molecule has 1 fully saturated rings. The molecular weight excluding hydrogens is 194 g/mol. The smallest absolute Gasteiger partial charge is 0.321 e. The van der Waals surface area contributed by atoms with Crippen molar-refractivity contribution in [3.8, 4) is 0 Å². The van der Waals surface area contributed by atoms with Gasteiger partial charge in [-0.05, 0) is 0 Å². The Balaban J connectivity index is 2.41. The van der Waals surface area contributed by atoms with E-state index >= 15 is 0 Å². The van der Waals surface area contributed by atoms with E-state index in [4.69, 9.17) is 10.2 Å². The Morgan fingerprint density at radius 1 is 1.69 bits per heavy atom. The molecule has 0 aromatic carbocycles. The first-order valence-corrected chi connectivity index (χ1v) is 4.99. The number of aliphatic hydroxyl groups is 2. The van der Waals surface area contributed by atoms with Crippen molar-refractivity contribution in [2.75, 3.05) is 18.9 Å². The molecule has 0 spiro atoms. The summed E-state index contributed by atoms with van der Waals surface area (Å²) in [7, 11) is 0. The topological polar surface area (TPSA) is 89.8 Å². The van der Waals surface area contributed by atoms with Crippen molar-refractivity contribution in [2.24, 2.45) is 0 Å². The van der Waals surface area contributed by atoms with E-state index in [1.807, 2.05) is 0 Å². The van der Waals surface area contributed by atoms with E-state index in [-0.39, 0.29) is 19.6 Å². The van der Waals surface area contributed by atoms with Gasteiger partial charge in [-0.15, -0.1) is 11.8 Å². The van der Waals surface area contributed by atoms with Gasteiger partial charge in [0.05, 0.1) is 0 Å². The first kappa shape index (κ1) is 10.8. The van der Waals surface area contributed by atoms with Gasteiger partial charge in [-0.25, -0.2) is 0 Å². The molecule has 5 nitrogen and oxygen atoms in total. The van der Waals surface area contributed by atoms with Crippen LogP contribution in [0.15, 0.2) is 0 Å². The molecule has 0 bridgehead atoms. The highest BCUT2D eigenvalue weighted by Gasteiger charge is 2.35. The van der Waals surface area contributed by atoms with Gasteiger partial charge in [-0.2, -0.15) is 0 Å². The van der Waals surface area contributed by atoms with Crippen LogP contribution in [0.1, 0.15) is 6.42 Å². The Labute approximate surface area is 80.1 Å². The van der Waals surface area contributed by atoms with Crippen LogP contribution in [0.2, 0.25) is 0 Å². The third-order valence-electron chi connectivity index (χ3n) is 1.94. The molecule has 0 radical (unpaired) electrons. The second kappa shape index (κ2) is 4.28. The third-order valence-corrected chi connectivity index (χ3v) is 3.33. The highest BCUT2D eigenvalue weighted by molar-refractivity contribution is 8.00. The van der Waals surface area contributed by atoms with E-state index in [9.17, 15) is 9.90 Å². The monoisotopic (exact) mass is 207 g/mol. The van der Waals surface area contributed by atoms with E-state index in [2.05, 4.69) is 5.32 Å². The van der Waals surface area contributed by atoms with Crippen LogP contribution >= 0.6 is 11.8 Å². The zero-order chi connectivity index (χ0) is 9.90. The number of nitrogens with one attached hydrogen (secondary N) is 1. The molecule has 1 heterocycles. The molecule has 1 aliphatic rings. The Kier molecular flexibility index (Phi) is 3.55. The second-order valence-corrected chi connectivity index (χ2v) is 4.38. The normalized spacial score (nSPS) is 34.5. The molecule has 0 aromatic rings. The number of aliphatic carboxylic acids is 1. The van der Waals surface area contributed by atoms with Gasteiger partial charge in [0.1, 0.15) is 11.0 Å². The van der Waals surface area contributed by atoms with Gasteiger partial charge in [0.25, 0.3) is 0 Å². The Hall–Kier alpha value is -0.300. The Morgan fingerprint density at radius 2 is 2.38 bits per heavy atom. The highest BCUT2D eigenvalue weighted by atomic mass is 32.2. The highest BCUT2D eigenvalue weighted by Crippen LogP contribution is 2.29. The number of aliphatic hydroxyl groups excluding tert-OH is 1. The van der Waals surface area contributed by atoms with Crippen LogP contribution in [0.4, 0.5) is 0 Å². The molecule has 0 aromatic heterocycles. The van der Waals surface area contributed by atoms with Crippen molar-refractivity contribution in [2.45, 2.75) is 17.4 Å². The summed E-state index contributed by atoms with van der Waals surface area (Å²) in [6.07, 6.45) is 0.261. The predicted octanol–water partition coefficient (Wildman–Crippen LogP) is -1.15. The molecule has 76 valence electrons. The van der Waals surface area contributed by atoms with Gasteiger partial charge in [0.2, 0.25) is 0 Å². The van der Waals surface area contributed by atoms with E-state index in [1.54, 1.807) is 0 Å². The first-order chi connectivity index (χ1) is 6.07. The van der Waals surface area contributed by atoms with Crippen LogP contribution in [0, 0.1) is 0 Å². The van der Waals surface area contributed by atoms with E-state index in [1.165, 1.54) is 11.8 Å². The maximum absolute atomic E-state index is 10.5. The fourth-order valence-corrected chi connectivity index (χ4v) is 2.28. The fourth-order valence-electron chi connectivity index (χ4n) is 1.12. The lowest BCUT2D eigenvalue weighted by Crippen LogP contribution is -2.52. The number of β-amino-alcohol motifs (C(OH)–C–C–N with tert-alkyl or cyclic N) is 1. The van der Waals surface area contributed by atoms with Crippen LogP contribution in [-0.4, -0.2) is 51.2 Å². The van der Waals surface area contributed by atoms with E-state index in [0.29, 0.717) is 5.75 Å². The average molecular weight is 207 g/mol. The van der Waals surface area contributed by atoms with Crippen LogP contribution < -0.4 is 5.32 Å². The summed E-state index contributed by atoms with van der Waals surface area (Å²) < 4.78 is 0. The summed E-state index contributed by atoms with van der Waals surface area (Å²) in [5, 5.41) is 29.7. The van der Waals surface area contributed by atoms with Crippen LogP contribution in [0.5, 0.6) is 0 Å². The molecule has 0 amide bonds. The van der Waals surface area contributed by atoms with Gasteiger partial charge in [0, 0.05) is 25.3 Å². The summed E-state index contributed by atoms with van der Waals surface area (Å²) in [5.74, 6) is -0.579. The molecule has 1 saturated heterocycles. The summed E-state index contributed by atoms with van der Waals surface area (Å²) >= 11 is 1.18. The molecule has 1 rings (SSSR count). The molecule has 1 aliphatic heterocycles. The largest absolute Gasteiger partial charge is 0.480 e. The molecule has 2 unspecified atom stereocenters. The zero-order valence-corrected chi connectivity index (χ0v) is 7.88. The Morgan fingerprint density at radius 3 is 2.77 bits per heavy atom. The van der Waals surface area contributed by atoms with E-state index in [0.717, 1.165) is 0 Å². The quantitative estimate of drug-likeness (QED) is 0.467. The van der Waals surface area contributed by atoms with Crippen molar-refractivity contribution in [1.82, 2.24) is 5.32 Å². The number of rotatable bonds is 3. The number of thioether (sulfide) groups is 1. The predicted molar refractivity (Wildman–Crippen MR) is 48.5 cm³/mol. The molecule has 0 saturated carbocycles. The van der Waals surface area contributed by atoms with Gasteiger partial charge >= 0.3 is 5.97 Å². The second-order valence-electron chi connectivity index (χ2n) is 3.00. The molecule has 6 heteroatoms. The Bertz CT molecular complexity index is 191. The number of carbonyl (C=O) groups is 1. The van der Waals surface area contributed by atoms with Gasteiger partial charge < -0.3 is 15.3 Å². The maximum atomic E-state index is 10.5. The van der Waals surface area contributed by atoms with Crippen LogP contribution in [0.25, 0.3) is 0 Å². The lowest BCUT2D eigenvalue weighted by molar-refractivity contribution is -0.139. The molecule has 4 N–H and O–H groups in total. The lowest BCUT2D eigenvalue weighted by atomic mass is 10.2. The average Bonchev–Trinajstić information content (AvgIpc) is 2.05. The number of hydrogen-bond donors (Lipinski definition) is 4. The van der Waals surface area contributed by atoms with Gasteiger partial charge in [-0.1, -0.05) is 0 Å². The molecule has 2 atom stereocenters. The van der Waals surface area contributed by atoms with Gasteiger partial charge in [0.15, 0.2) is 0 Å². The lowest BCUT2D eigenvalue weighted by Gasteiger charge is -2.34. The van der Waals surface area contributed by atoms with Crippen LogP contribution in [0.3, 0.4) is 0 Å². The first-order valence-electron chi connectivity index (χ1n) is 4.01. The summed E-state index contributed by atoms with van der Waals surface area (Å²) in [6.45, 7) is 0.109. The van der Waals surface area contributed by atoms with Crippen LogP contribution in [-0.2, 0) is 4.79 Å². The minimum absolute atomic E-state index is 0.0943. The molecular formula is C7H13NO4S. The minimum Gasteiger partial charge on any atom is -0.480 e. The standard InChI is InChI=1S/C7H13NO4S/c9-2-1-7(12)4-8-5(3-13-7)6(10)11/h5,8-9,12H,1-4H2,(H,10,11). The summed E-state index contributed by atoms with van der Waals surface area (Å²) in [4.78, 5) is 9.50. The van der Waals surface area contributed by atoms with Crippen molar-refractivity contribution in [3.05, 3.63) is 0 Å². The molecule has 0 aliphatic carbocycles. The SMILES string of the molecule is O=C(O)C1CSC(O)(CCO)CN1. The number of carboxylic acids is 1. The van der Waals surface area contributed by atoms with Crippen molar-refractivity contribution >= 4 is 17.7 Å². The van der Waals surface area contributed by atoms with E-state index < -0.39 is 16.9 Å². The maximum Gasteiger partial charge on any atom is 0.321 e. The van der Waals surface area contributed by atoms with Crippen molar-refractivity contribution in [1.29, 1.82) is 0 Å². The summed E-state index contributed by atoms with van der Waals surface area (Å²) in [5.41, 5.74) is 0. The third kappa shape index (κ3) is 2.84. The van der Waals surface area contributed by atoms with Gasteiger partial charge in [-0.3, -0.25) is 10.1 Å². The molecule has 13 heavy (non-hydrogen) atoms. The summed E-state index contributed by atoms with van der Waals surface area (Å²) in [6, 6.07) is -0.594. The number of hydrogen-bond acceptors (Lipinski definition) is 5. The van der Waals surface area contributed by atoms with Crippen molar-refractivity contribution < 1.29 is 20.1 Å². The fraction of sp³-hybridized carbons (Fsp3) is 0.857. The minimum atomic E-state index is -1.01. The zero-order valence-electron chi connectivity index (χ0n) is 7.06.